The molecule has 1 atom stereocenters. The standard InChI is InChI=1S/C12H11BrFNO/c1-8(16)12(2,7-15)6-9-4-3-5-10(14)11(9)13/h3-5H,6H2,1-2H3. The topological polar surface area (TPSA) is 40.9 Å². The molecule has 84 valence electrons. The van der Waals surface area contributed by atoms with Gasteiger partial charge in [0.15, 0.2) is 0 Å². The Hall–Kier alpha value is -1.21. The van der Waals surface area contributed by atoms with E-state index in [-0.39, 0.29) is 18.0 Å². The summed E-state index contributed by atoms with van der Waals surface area (Å²) in [7, 11) is 0. The molecule has 0 amide bonds. The minimum Gasteiger partial charge on any atom is -0.298 e. The van der Waals surface area contributed by atoms with Gasteiger partial charge in [0.2, 0.25) is 0 Å². The number of halogens is 2. The highest BCUT2D eigenvalue weighted by atomic mass is 79.9. The summed E-state index contributed by atoms with van der Waals surface area (Å²) < 4.78 is 13.6. The number of carbonyl (C=O) groups is 1. The molecule has 0 N–H and O–H groups in total. The Labute approximate surface area is 102 Å². The van der Waals surface area contributed by atoms with Crippen molar-refractivity contribution in [1.29, 1.82) is 5.26 Å². The van der Waals surface area contributed by atoms with Crippen LogP contribution in [0.3, 0.4) is 0 Å². The molecule has 0 fully saturated rings. The first kappa shape index (κ1) is 12.9. The summed E-state index contributed by atoms with van der Waals surface area (Å²) in [6, 6.07) is 6.57. The number of carbonyl (C=O) groups excluding carboxylic acids is 1. The van der Waals surface area contributed by atoms with Gasteiger partial charge in [-0.25, -0.2) is 4.39 Å². The molecule has 0 aromatic heterocycles. The molecule has 0 aliphatic carbocycles. The second kappa shape index (κ2) is 4.75. The van der Waals surface area contributed by atoms with Crippen LogP contribution >= 0.6 is 15.9 Å². The highest BCUT2D eigenvalue weighted by Gasteiger charge is 2.30. The molecule has 1 unspecified atom stereocenters. The lowest BCUT2D eigenvalue weighted by Crippen LogP contribution is -2.26. The van der Waals surface area contributed by atoms with Crippen LogP contribution in [0.5, 0.6) is 0 Å². The summed E-state index contributed by atoms with van der Waals surface area (Å²) in [5.41, 5.74) is -0.477. The summed E-state index contributed by atoms with van der Waals surface area (Å²) >= 11 is 3.12. The number of Topliss-reactive ketones (excluding diaryl/α,β-unsaturated/α-hetero) is 1. The molecule has 0 aliphatic rings. The second-order valence-electron chi connectivity index (χ2n) is 3.89. The number of hydrogen-bond acceptors (Lipinski definition) is 2. The van der Waals surface area contributed by atoms with Crippen LogP contribution in [-0.2, 0) is 11.2 Å². The molecule has 1 aromatic rings. The first-order chi connectivity index (χ1) is 7.40. The van der Waals surface area contributed by atoms with E-state index in [0.29, 0.717) is 10.0 Å². The van der Waals surface area contributed by atoms with Crippen molar-refractivity contribution in [2.75, 3.05) is 0 Å². The lowest BCUT2D eigenvalue weighted by atomic mass is 9.82. The van der Waals surface area contributed by atoms with E-state index in [9.17, 15) is 9.18 Å². The molecule has 0 radical (unpaired) electrons. The van der Waals surface area contributed by atoms with Crippen molar-refractivity contribution in [2.45, 2.75) is 20.3 Å². The molecule has 1 rings (SSSR count). The Morgan fingerprint density at radius 3 is 2.75 bits per heavy atom. The molecule has 0 aliphatic heterocycles. The molecular weight excluding hydrogens is 273 g/mol. The van der Waals surface area contributed by atoms with Crippen molar-refractivity contribution in [3.05, 3.63) is 34.1 Å². The third-order valence-electron chi connectivity index (χ3n) is 2.60. The Morgan fingerprint density at radius 1 is 1.62 bits per heavy atom. The maximum atomic E-state index is 13.2. The van der Waals surface area contributed by atoms with Crippen LogP contribution < -0.4 is 0 Å². The number of nitriles is 1. The summed E-state index contributed by atoms with van der Waals surface area (Å²) in [6.07, 6.45) is 0.206. The summed E-state index contributed by atoms with van der Waals surface area (Å²) in [4.78, 5) is 11.4. The second-order valence-corrected chi connectivity index (χ2v) is 4.68. The van der Waals surface area contributed by atoms with Gasteiger partial charge in [-0.15, -0.1) is 0 Å². The lowest BCUT2D eigenvalue weighted by molar-refractivity contribution is -0.123. The molecular formula is C12H11BrFNO. The highest BCUT2D eigenvalue weighted by molar-refractivity contribution is 9.10. The SMILES string of the molecule is CC(=O)C(C)(C#N)Cc1cccc(F)c1Br. The van der Waals surface area contributed by atoms with E-state index in [1.807, 2.05) is 6.07 Å². The molecule has 0 bridgehead atoms. The zero-order chi connectivity index (χ0) is 12.3. The normalized spacial score (nSPS) is 13.9. The quantitative estimate of drug-likeness (QED) is 0.854. The monoisotopic (exact) mass is 283 g/mol. The van der Waals surface area contributed by atoms with Crippen molar-refractivity contribution >= 4 is 21.7 Å². The van der Waals surface area contributed by atoms with Crippen LogP contribution in [0.25, 0.3) is 0 Å². The zero-order valence-electron chi connectivity index (χ0n) is 9.05. The number of benzene rings is 1. The maximum absolute atomic E-state index is 13.2. The van der Waals surface area contributed by atoms with Crippen LogP contribution in [0.4, 0.5) is 4.39 Å². The van der Waals surface area contributed by atoms with Gasteiger partial charge in [-0.2, -0.15) is 5.26 Å². The summed E-state index contributed by atoms with van der Waals surface area (Å²) in [5.74, 6) is -0.604. The predicted octanol–water partition coefficient (Wildman–Crippen LogP) is 3.25. The zero-order valence-corrected chi connectivity index (χ0v) is 10.6. The third kappa shape index (κ3) is 2.48. The van der Waals surface area contributed by atoms with E-state index in [0.717, 1.165) is 0 Å². The minimum absolute atomic E-state index is 0.206. The van der Waals surface area contributed by atoms with Gasteiger partial charge in [0, 0.05) is 0 Å². The first-order valence-electron chi connectivity index (χ1n) is 4.76. The van der Waals surface area contributed by atoms with E-state index in [1.165, 1.54) is 13.0 Å². The van der Waals surface area contributed by atoms with Crippen molar-refractivity contribution in [3.8, 4) is 6.07 Å². The summed E-state index contributed by atoms with van der Waals surface area (Å²) in [6.45, 7) is 2.93. The van der Waals surface area contributed by atoms with Gasteiger partial charge in [-0.1, -0.05) is 12.1 Å². The van der Waals surface area contributed by atoms with Gasteiger partial charge >= 0.3 is 0 Å². The highest BCUT2D eigenvalue weighted by Crippen LogP contribution is 2.28. The minimum atomic E-state index is -1.10. The summed E-state index contributed by atoms with van der Waals surface area (Å²) in [5, 5.41) is 9.00. The van der Waals surface area contributed by atoms with Gasteiger partial charge in [0.25, 0.3) is 0 Å². The van der Waals surface area contributed by atoms with Crippen LogP contribution in [0.1, 0.15) is 19.4 Å². The van der Waals surface area contributed by atoms with Crippen LogP contribution in [0.15, 0.2) is 22.7 Å². The van der Waals surface area contributed by atoms with E-state index in [1.54, 1.807) is 19.1 Å². The number of rotatable bonds is 3. The predicted molar refractivity (Wildman–Crippen MR) is 62.2 cm³/mol. The largest absolute Gasteiger partial charge is 0.298 e. The first-order valence-corrected chi connectivity index (χ1v) is 5.55. The molecule has 0 spiro atoms. The van der Waals surface area contributed by atoms with Gasteiger partial charge < -0.3 is 0 Å². The van der Waals surface area contributed by atoms with E-state index >= 15 is 0 Å². The molecule has 0 heterocycles. The smallest absolute Gasteiger partial charge is 0.150 e. The van der Waals surface area contributed by atoms with Crippen molar-refractivity contribution in [2.24, 2.45) is 5.41 Å². The maximum Gasteiger partial charge on any atom is 0.150 e. The fourth-order valence-electron chi connectivity index (χ4n) is 1.31. The van der Waals surface area contributed by atoms with Gasteiger partial charge in [0.1, 0.15) is 17.0 Å². The Bertz CT molecular complexity index is 467. The fourth-order valence-corrected chi connectivity index (χ4v) is 1.71. The van der Waals surface area contributed by atoms with Crippen molar-refractivity contribution < 1.29 is 9.18 Å². The Kier molecular flexibility index (Phi) is 3.82. The van der Waals surface area contributed by atoms with Crippen LogP contribution in [0.2, 0.25) is 0 Å². The molecule has 0 saturated carbocycles. The third-order valence-corrected chi connectivity index (χ3v) is 3.49. The van der Waals surface area contributed by atoms with E-state index in [2.05, 4.69) is 15.9 Å². The van der Waals surface area contributed by atoms with Crippen molar-refractivity contribution in [1.82, 2.24) is 0 Å². The Balaban J connectivity index is 3.10. The average Bonchev–Trinajstić information content (AvgIpc) is 2.24. The van der Waals surface area contributed by atoms with Crippen LogP contribution in [0, 0.1) is 22.6 Å². The lowest BCUT2D eigenvalue weighted by Gasteiger charge is -2.18. The average molecular weight is 284 g/mol. The molecule has 0 saturated heterocycles. The van der Waals surface area contributed by atoms with Crippen molar-refractivity contribution in [3.63, 3.8) is 0 Å². The van der Waals surface area contributed by atoms with Gasteiger partial charge in [-0.05, 0) is 47.8 Å². The van der Waals surface area contributed by atoms with Crippen LogP contribution in [-0.4, -0.2) is 5.78 Å². The van der Waals surface area contributed by atoms with Gasteiger partial charge in [-0.3, -0.25) is 4.79 Å². The fraction of sp³-hybridized carbons (Fsp3) is 0.333. The molecule has 4 heteroatoms. The number of ketones is 1. The molecule has 16 heavy (non-hydrogen) atoms. The Morgan fingerprint density at radius 2 is 2.25 bits per heavy atom. The molecule has 2 nitrogen and oxygen atoms in total. The number of hydrogen-bond donors (Lipinski definition) is 0. The molecule has 1 aromatic carbocycles. The van der Waals surface area contributed by atoms with Gasteiger partial charge in [0.05, 0.1) is 10.5 Å². The van der Waals surface area contributed by atoms with E-state index < -0.39 is 5.41 Å². The number of nitrogens with zero attached hydrogens (tertiary/aromatic N) is 1. The van der Waals surface area contributed by atoms with E-state index in [4.69, 9.17) is 5.26 Å².